The fraction of sp³-hybridized carbons (Fsp3) is 0.562. The summed E-state index contributed by atoms with van der Waals surface area (Å²) < 4.78 is 25.9. The SMILES string of the molecule is C[C@@H]1CCCN(CCCNC(=S)Nc2ccc(F)c(F)c2)C1. The minimum Gasteiger partial charge on any atom is -0.362 e. The number of rotatable bonds is 5. The highest BCUT2D eigenvalue weighted by atomic mass is 32.1. The molecule has 6 heteroatoms. The maximum atomic E-state index is 13.1. The lowest BCUT2D eigenvalue weighted by Crippen LogP contribution is -2.37. The quantitative estimate of drug-likeness (QED) is 0.640. The van der Waals surface area contributed by atoms with Crippen molar-refractivity contribution in [2.24, 2.45) is 5.92 Å². The highest BCUT2D eigenvalue weighted by Crippen LogP contribution is 2.15. The van der Waals surface area contributed by atoms with Crippen molar-refractivity contribution in [2.45, 2.75) is 26.2 Å². The Bertz CT molecular complexity index is 510. The smallest absolute Gasteiger partial charge is 0.170 e. The highest BCUT2D eigenvalue weighted by Gasteiger charge is 2.15. The van der Waals surface area contributed by atoms with Gasteiger partial charge in [-0.25, -0.2) is 8.78 Å². The van der Waals surface area contributed by atoms with E-state index in [4.69, 9.17) is 12.2 Å². The van der Waals surface area contributed by atoms with Crippen LogP contribution in [-0.2, 0) is 0 Å². The third-order valence-electron chi connectivity index (χ3n) is 3.86. The first-order chi connectivity index (χ1) is 10.5. The molecular formula is C16H23F2N3S. The van der Waals surface area contributed by atoms with Crippen LogP contribution in [0.25, 0.3) is 0 Å². The summed E-state index contributed by atoms with van der Waals surface area (Å²) in [5, 5.41) is 6.38. The fourth-order valence-electron chi connectivity index (χ4n) is 2.74. The van der Waals surface area contributed by atoms with Gasteiger partial charge in [-0.05, 0) is 62.6 Å². The molecule has 0 aromatic heterocycles. The van der Waals surface area contributed by atoms with Crippen molar-refractivity contribution in [3.63, 3.8) is 0 Å². The van der Waals surface area contributed by atoms with Gasteiger partial charge in [0.25, 0.3) is 0 Å². The van der Waals surface area contributed by atoms with Gasteiger partial charge in [0, 0.05) is 24.8 Å². The molecule has 0 radical (unpaired) electrons. The van der Waals surface area contributed by atoms with Gasteiger partial charge in [-0.3, -0.25) is 0 Å². The molecular weight excluding hydrogens is 304 g/mol. The summed E-state index contributed by atoms with van der Waals surface area (Å²) in [5.74, 6) is -0.954. The first-order valence-corrected chi connectivity index (χ1v) is 8.17. The van der Waals surface area contributed by atoms with Crippen molar-refractivity contribution in [1.82, 2.24) is 10.2 Å². The zero-order chi connectivity index (χ0) is 15.9. The van der Waals surface area contributed by atoms with Crippen molar-refractivity contribution in [2.75, 3.05) is 31.5 Å². The van der Waals surface area contributed by atoms with E-state index in [2.05, 4.69) is 22.5 Å². The number of anilines is 1. The minimum absolute atomic E-state index is 0.429. The Morgan fingerprint density at radius 1 is 1.36 bits per heavy atom. The molecule has 2 N–H and O–H groups in total. The average molecular weight is 327 g/mol. The van der Waals surface area contributed by atoms with Crippen molar-refractivity contribution in [3.05, 3.63) is 29.8 Å². The molecule has 0 unspecified atom stereocenters. The molecule has 0 amide bonds. The Hall–Kier alpha value is -1.27. The molecule has 0 aliphatic carbocycles. The van der Waals surface area contributed by atoms with Gasteiger partial charge < -0.3 is 15.5 Å². The van der Waals surface area contributed by atoms with Crippen molar-refractivity contribution >= 4 is 23.0 Å². The zero-order valence-corrected chi connectivity index (χ0v) is 13.7. The van der Waals surface area contributed by atoms with Crippen LogP contribution in [0.5, 0.6) is 0 Å². The molecule has 1 aromatic carbocycles. The van der Waals surface area contributed by atoms with E-state index in [1.54, 1.807) is 0 Å². The predicted octanol–water partition coefficient (Wildman–Crippen LogP) is 3.37. The molecule has 122 valence electrons. The number of nitrogens with one attached hydrogen (secondary N) is 2. The van der Waals surface area contributed by atoms with E-state index in [9.17, 15) is 8.78 Å². The molecule has 0 bridgehead atoms. The molecule has 1 aliphatic rings. The van der Waals surface area contributed by atoms with Gasteiger partial charge in [0.1, 0.15) is 0 Å². The molecule has 1 atom stereocenters. The van der Waals surface area contributed by atoms with Gasteiger partial charge in [0.05, 0.1) is 0 Å². The van der Waals surface area contributed by atoms with Gasteiger partial charge in [-0.15, -0.1) is 0 Å². The number of thiocarbonyl (C=S) groups is 1. The summed E-state index contributed by atoms with van der Waals surface area (Å²) >= 11 is 5.15. The highest BCUT2D eigenvalue weighted by molar-refractivity contribution is 7.80. The fourth-order valence-corrected chi connectivity index (χ4v) is 2.96. The summed E-state index contributed by atoms with van der Waals surface area (Å²) in [6, 6.07) is 3.64. The number of likely N-dealkylation sites (tertiary alicyclic amines) is 1. The van der Waals surface area contributed by atoms with Crippen LogP contribution in [0, 0.1) is 17.6 Å². The molecule has 1 saturated heterocycles. The Labute approximate surface area is 136 Å². The number of benzene rings is 1. The monoisotopic (exact) mass is 327 g/mol. The predicted molar refractivity (Wildman–Crippen MR) is 90.0 cm³/mol. The minimum atomic E-state index is -0.882. The first kappa shape index (κ1) is 17.1. The lowest BCUT2D eigenvalue weighted by Gasteiger charge is -2.30. The molecule has 2 rings (SSSR count). The summed E-state index contributed by atoms with van der Waals surface area (Å²) in [5.41, 5.74) is 0.446. The number of halogens is 2. The first-order valence-electron chi connectivity index (χ1n) is 7.77. The third-order valence-corrected chi connectivity index (χ3v) is 4.10. The molecule has 22 heavy (non-hydrogen) atoms. The van der Waals surface area contributed by atoms with E-state index in [1.165, 1.54) is 32.0 Å². The van der Waals surface area contributed by atoms with E-state index < -0.39 is 11.6 Å². The standard InChI is InChI=1S/C16H23F2N3S/c1-12-4-2-8-21(11-12)9-3-7-19-16(22)20-13-5-6-14(17)15(18)10-13/h5-6,10,12H,2-4,7-9,11H2,1H3,(H2,19,20,22)/t12-/m1/s1. The van der Waals surface area contributed by atoms with Crippen LogP contribution in [0.2, 0.25) is 0 Å². The lowest BCUT2D eigenvalue weighted by atomic mass is 10.0. The summed E-state index contributed by atoms with van der Waals surface area (Å²) in [6.07, 6.45) is 3.62. The van der Waals surface area contributed by atoms with E-state index in [0.29, 0.717) is 10.8 Å². The molecule has 1 fully saturated rings. The Balaban J connectivity index is 1.64. The topological polar surface area (TPSA) is 27.3 Å². The maximum Gasteiger partial charge on any atom is 0.170 e. The number of piperidine rings is 1. The Kier molecular flexibility index (Phi) is 6.51. The van der Waals surface area contributed by atoms with Gasteiger partial charge >= 0.3 is 0 Å². The second-order valence-electron chi connectivity index (χ2n) is 5.91. The Morgan fingerprint density at radius 3 is 2.91 bits per heavy atom. The second kappa shape index (κ2) is 8.39. The van der Waals surface area contributed by atoms with Gasteiger partial charge in [0.15, 0.2) is 16.7 Å². The van der Waals surface area contributed by atoms with Crippen molar-refractivity contribution in [1.29, 1.82) is 0 Å². The molecule has 1 heterocycles. The maximum absolute atomic E-state index is 13.1. The molecule has 1 aromatic rings. The molecule has 3 nitrogen and oxygen atoms in total. The van der Waals surface area contributed by atoms with E-state index in [-0.39, 0.29) is 0 Å². The van der Waals surface area contributed by atoms with Crippen LogP contribution in [0.3, 0.4) is 0 Å². The number of hydrogen-bond donors (Lipinski definition) is 2. The van der Waals surface area contributed by atoms with Crippen LogP contribution in [-0.4, -0.2) is 36.2 Å². The molecule has 1 aliphatic heterocycles. The third kappa shape index (κ3) is 5.50. The van der Waals surface area contributed by atoms with E-state index in [1.807, 2.05) is 0 Å². The van der Waals surface area contributed by atoms with Gasteiger partial charge in [-0.2, -0.15) is 0 Å². The van der Waals surface area contributed by atoms with E-state index >= 15 is 0 Å². The summed E-state index contributed by atoms with van der Waals surface area (Å²) in [6.45, 7) is 6.48. The number of nitrogens with zero attached hydrogens (tertiary/aromatic N) is 1. The largest absolute Gasteiger partial charge is 0.362 e. The second-order valence-corrected chi connectivity index (χ2v) is 6.32. The van der Waals surface area contributed by atoms with Crippen molar-refractivity contribution < 1.29 is 8.78 Å². The number of hydrogen-bond acceptors (Lipinski definition) is 2. The lowest BCUT2D eigenvalue weighted by molar-refractivity contribution is 0.182. The normalized spacial score (nSPS) is 19.0. The van der Waals surface area contributed by atoms with E-state index in [0.717, 1.165) is 37.6 Å². The van der Waals surface area contributed by atoms with Gasteiger partial charge in [0.2, 0.25) is 0 Å². The summed E-state index contributed by atoms with van der Waals surface area (Å²) in [4.78, 5) is 2.49. The molecule has 0 spiro atoms. The Morgan fingerprint density at radius 2 is 2.18 bits per heavy atom. The van der Waals surface area contributed by atoms with Crippen LogP contribution in [0.15, 0.2) is 18.2 Å². The zero-order valence-electron chi connectivity index (χ0n) is 12.9. The van der Waals surface area contributed by atoms with Crippen LogP contribution in [0.4, 0.5) is 14.5 Å². The van der Waals surface area contributed by atoms with Crippen LogP contribution in [0.1, 0.15) is 26.2 Å². The summed E-state index contributed by atoms with van der Waals surface area (Å²) in [7, 11) is 0. The van der Waals surface area contributed by atoms with Crippen LogP contribution < -0.4 is 10.6 Å². The van der Waals surface area contributed by atoms with Crippen LogP contribution >= 0.6 is 12.2 Å². The molecule has 0 saturated carbocycles. The average Bonchev–Trinajstić information content (AvgIpc) is 2.48. The van der Waals surface area contributed by atoms with Crippen molar-refractivity contribution in [3.8, 4) is 0 Å². The van der Waals surface area contributed by atoms with Gasteiger partial charge in [-0.1, -0.05) is 6.92 Å².